The molecule has 41 heavy (non-hydrogen) atoms. The van der Waals surface area contributed by atoms with E-state index in [-0.39, 0.29) is 5.69 Å². The first-order valence-corrected chi connectivity index (χ1v) is 12.9. The van der Waals surface area contributed by atoms with Gasteiger partial charge >= 0.3 is 0 Å². The van der Waals surface area contributed by atoms with Gasteiger partial charge in [0.25, 0.3) is 5.91 Å². The maximum Gasteiger partial charge on any atom is 0.270 e. The van der Waals surface area contributed by atoms with Gasteiger partial charge in [0.05, 0.1) is 13.3 Å². The van der Waals surface area contributed by atoms with E-state index in [1.807, 2.05) is 60.7 Å². The third kappa shape index (κ3) is 5.99. The summed E-state index contributed by atoms with van der Waals surface area (Å²) in [6.07, 6.45) is 4.57. The second-order valence-electron chi connectivity index (χ2n) is 9.35. The van der Waals surface area contributed by atoms with Crippen molar-refractivity contribution in [3.63, 3.8) is 0 Å². The number of halogens is 1. The van der Waals surface area contributed by atoms with E-state index in [9.17, 15) is 9.59 Å². The monoisotopic (exact) mass is 549 g/mol. The van der Waals surface area contributed by atoms with Gasteiger partial charge in [0.2, 0.25) is 5.91 Å². The Morgan fingerprint density at radius 1 is 0.878 bits per heavy atom. The van der Waals surface area contributed by atoms with Crippen LogP contribution in [0.1, 0.15) is 27.5 Å². The molecule has 0 radical (unpaired) electrons. The molecule has 2 aromatic heterocycles. The molecule has 5 rings (SSSR count). The number of anilines is 1. The highest BCUT2D eigenvalue weighted by atomic mass is 19.1. The highest BCUT2D eigenvalue weighted by Crippen LogP contribution is 2.33. The largest absolute Gasteiger partial charge is 0.494 e. The lowest BCUT2D eigenvalue weighted by atomic mass is 9.84. The van der Waals surface area contributed by atoms with Gasteiger partial charge in [0.15, 0.2) is 0 Å². The minimum absolute atomic E-state index is 0.240. The fourth-order valence-electron chi connectivity index (χ4n) is 4.81. The first kappa shape index (κ1) is 27.3. The molecule has 3 aromatic carbocycles. The smallest absolute Gasteiger partial charge is 0.270 e. The Kier molecular flexibility index (Phi) is 8.15. The molecule has 0 aliphatic rings. The predicted octanol–water partition coefficient (Wildman–Crippen LogP) is 5.20. The highest BCUT2D eigenvalue weighted by molar-refractivity contribution is 6.01. The second-order valence-corrected chi connectivity index (χ2v) is 9.35. The molecule has 0 aliphatic carbocycles. The van der Waals surface area contributed by atoms with Gasteiger partial charge in [-0.15, -0.1) is 0 Å². The average molecular weight is 550 g/mol. The Morgan fingerprint density at radius 3 is 2.15 bits per heavy atom. The molecule has 0 bridgehead atoms. The molecule has 8 nitrogen and oxygen atoms in total. The summed E-state index contributed by atoms with van der Waals surface area (Å²) >= 11 is 0. The summed E-state index contributed by atoms with van der Waals surface area (Å²) in [5, 5.41) is 9.81. The lowest BCUT2D eigenvalue weighted by Gasteiger charge is -2.28. The predicted molar refractivity (Wildman–Crippen MR) is 154 cm³/mol. The van der Waals surface area contributed by atoms with E-state index in [2.05, 4.69) is 20.7 Å². The van der Waals surface area contributed by atoms with E-state index in [0.29, 0.717) is 22.6 Å². The molecule has 5 aromatic rings. The van der Waals surface area contributed by atoms with Gasteiger partial charge in [-0.05, 0) is 41.5 Å². The Hall–Kier alpha value is -5.31. The van der Waals surface area contributed by atoms with Gasteiger partial charge < -0.3 is 15.4 Å². The minimum Gasteiger partial charge on any atom is -0.494 e. The van der Waals surface area contributed by atoms with Crippen LogP contribution in [0, 0.1) is 5.82 Å². The number of ether oxygens (including phenoxy) is 1. The van der Waals surface area contributed by atoms with Crippen LogP contribution in [0.3, 0.4) is 0 Å². The van der Waals surface area contributed by atoms with Crippen molar-refractivity contribution in [2.45, 2.75) is 12.0 Å². The van der Waals surface area contributed by atoms with Crippen LogP contribution >= 0.6 is 0 Å². The number of aromatic nitrogens is 3. The van der Waals surface area contributed by atoms with Crippen molar-refractivity contribution in [1.82, 2.24) is 20.1 Å². The maximum absolute atomic E-state index is 15.3. The number of nitrogens with zero attached hydrogens (tertiary/aromatic N) is 3. The molecule has 2 heterocycles. The molecule has 1 unspecified atom stereocenters. The zero-order valence-electron chi connectivity index (χ0n) is 22.5. The van der Waals surface area contributed by atoms with E-state index >= 15 is 4.39 Å². The van der Waals surface area contributed by atoms with Crippen molar-refractivity contribution in [2.75, 3.05) is 12.4 Å². The van der Waals surface area contributed by atoms with Crippen LogP contribution < -0.4 is 15.4 Å². The number of amides is 2. The van der Waals surface area contributed by atoms with Gasteiger partial charge in [0.1, 0.15) is 23.3 Å². The standard InChI is InChI=1S/C32H28FN5O3/c1-38-27(16-18-35-38)31(39)37-30(29(21-9-5-3-6-10-21)22-11-7-4-8-12-22)32(40)36-23-13-14-24(26(33)19-23)25-15-17-34-20-28(25)41-2/h3-20,29-30H,1-2H3,(H,36,40)(H,37,39). The lowest BCUT2D eigenvalue weighted by Crippen LogP contribution is -2.48. The molecule has 0 saturated carbocycles. The van der Waals surface area contributed by atoms with E-state index in [0.717, 1.165) is 11.1 Å². The van der Waals surface area contributed by atoms with Crippen LogP contribution in [0.4, 0.5) is 10.1 Å². The number of hydrogen-bond acceptors (Lipinski definition) is 5. The number of aryl methyl sites for hydroxylation is 1. The summed E-state index contributed by atoms with van der Waals surface area (Å²) in [6.45, 7) is 0. The average Bonchev–Trinajstić information content (AvgIpc) is 3.44. The third-order valence-corrected chi connectivity index (χ3v) is 6.80. The molecule has 206 valence electrons. The Morgan fingerprint density at radius 2 is 1.56 bits per heavy atom. The summed E-state index contributed by atoms with van der Waals surface area (Å²) in [5.74, 6) is -1.64. The number of pyridine rings is 1. The van der Waals surface area contributed by atoms with Crippen LogP contribution in [0.25, 0.3) is 11.1 Å². The number of rotatable bonds is 9. The zero-order valence-corrected chi connectivity index (χ0v) is 22.5. The number of carbonyl (C=O) groups excluding carboxylic acids is 2. The fraction of sp³-hybridized carbons (Fsp3) is 0.125. The fourth-order valence-corrected chi connectivity index (χ4v) is 4.81. The topological polar surface area (TPSA) is 98.1 Å². The third-order valence-electron chi connectivity index (χ3n) is 6.80. The van der Waals surface area contributed by atoms with Crippen molar-refractivity contribution >= 4 is 17.5 Å². The molecule has 2 amide bonds. The second kappa shape index (κ2) is 12.3. The molecular weight excluding hydrogens is 521 g/mol. The van der Waals surface area contributed by atoms with Crippen molar-refractivity contribution in [3.8, 4) is 16.9 Å². The molecular formula is C32H28FN5O3. The van der Waals surface area contributed by atoms with E-state index in [1.165, 1.54) is 30.3 Å². The molecule has 2 N–H and O–H groups in total. The summed E-state index contributed by atoms with van der Waals surface area (Å²) in [5.41, 5.74) is 3.03. The summed E-state index contributed by atoms with van der Waals surface area (Å²) in [4.78, 5) is 31.3. The van der Waals surface area contributed by atoms with E-state index in [1.54, 1.807) is 37.5 Å². The minimum atomic E-state index is -1.05. The first-order chi connectivity index (χ1) is 20.0. The first-order valence-electron chi connectivity index (χ1n) is 12.9. The summed E-state index contributed by atoms with van der Waals surface area (Å²) < 4.78 is 22.1. The molecule has 0 saturated heterocycles. The SMILES string of the molecule is COc1cnccc1-c1ccc(NC(=O)C(NC(=O)c2ccnn2C)C(c2ccccc2)c2ccccc2)cc1F. The lowest BCUT2D eigenvalue weighted by molar-refractivity contribution is -0.118. The normalized spacial score (nSPS) is 11.6. The van der Waals surface area contributed by atoms with Crippen LogP contribution in [0.5, 0.6) is 5.75 Å². The molecule has 0 aliphatic heterocycles. The molecule has 1 atom stereocenters. The van der Waals surface area contributed by atoms with Crippen molar-refractivity contribution < 1.29 is 18.7 Å². The van der Waals surface area contributed by atoms with Crippen LogP contribution in [0.15, 0.2) is 110 Å². The Labute approximate surface area is 236 Å². The van der Waals surface area contributed by atoms with Gasteiger partial charge in [-0.1, -0.05) is 60.7 Å². The van der Waals surface area contributed by atoms with Gasteiger partial charge in [-0.25, -0.2) is 4.39 Å². The molecule has 9 heteroatoms. The van der Waals surface area contributed by atoms with Crippen molar-refractivity contribution in [3.05, 3.63) is 132 Å². The van der Waals surface area contributed by atoms with Gasteiger partial charge in [-0.3, -0.25) is 19.3 Å². The number of benzene rings is 3. The summed E-state index contributed by atoms with van der Waals surface area (Å²) in [7, 11) is 3.14. The van der Waals surface area contributed by atoms with Crippen molar-refractivity contribution in [2.24, 2.45) is 7.05 Å². The van der Waals surface area contributed by atoms with Crippen LogP contribution in [-0.4, -0.2) is 39.7 Å². The molecule has 0 spiro atoms. The van der Waals surface area contributed by atoms with Gasteiger partial charge in [-0.2, -0.15) is 5.10 Å². The van der Waals surface area contributed by atoms with E-state index < -0.39 is 29.6 Å². The molecule has 0 fully saturated rings. The number of nitrogens with one attached hydrogen (secondary N) is 2. The van der Waals surface area contributed by atoms with Crippen molar-refractivity contribution in [1.29, 1.82) is 0 Å². The number of carbonyl (C=O) groups is 2. The van der Waals surface area contributed by atoms with E-state index in [4.69, 9.17) is 4.74 Å². The Balaban J connectivity index is 1.51. The number of methoxy groups -OCH3 is 1. The Bertz CT molecular complexity index is 1620. The highest BCUT2D eigenvalue weighted by Gasteiger charge is 2.33. The van der Waals surface area contributed by atoms with Crippen LogP contribution in [0.2, 0.25) is 0 Å². The number of hydrogen-bond donors (Lipinski definition) is 2. The quantitative estimate of drug-likeness (QED) is 0.263. The maximum atomic E-state index is 15.3. The summed E-state index contributed by atoms with van der Waals surface area (Å²) in [6, 6.07) is 25.5. The zero-order chi connectivity index (χ0) is 28.8. The van der Waals surface area contributed by atoms with Crippen LogP contribution in [-0.2, 0) is 11.8 Å². The van der Waals surface area contributed by atoms with Gasteiger partial charge in [0, 0.05) is 42.2 Å².